The minimum absolute atomic E-state index is 0.00657. The molecule has 0 aliphatic rings. The van der Waals surface area contributed by atoms with E-state index < -0.39 is 23.9 Å². The molecule has 1 aromatic heterocycles. The summed E-state index contributed by atoms with van der Waals surface area (Å²) in [6.07, 6.45) is -2.09. The number of nitrogens with one attached hydrogen (secondary N) is 1. The fraction of sp³-hybridized carbons (Fsp3) is 0.368. The minimum Gasteiger partial charge on any atom is -0.464 e. The molecule has 0 unspecified atom stereocenters. The number of halogens is 2. The van der Waals surface area contributed by atoms with Crippen molar-refractivity contribution in [2.75, 3.05) is 13.2 Å². The van der Waals surface area contributed by atoms with Crippen molar-refractivity contribution in [2.24, 2.45) is 7.05 Å². The fourth-order valence-corrected chi connectivity index (χ4v) is 2.61. The van der Waals surface area contributed by atoms with Gasteiger partial charge in [0.1, 0.15) is 11.4 Å². The van der Waals surface area contributed by atoms with Gasteiger partial charge in [0.05, 0.1) is 22.8 Å². The molecule has 2 aromatic rings. The van der Waals surface area contributed by atoms with Crippen LogP contribution in [0.4, 0.5) is 14.5 Å². The van der Waals surface area contributed by atoms with Gasteiger partial charge >= 0.3 is 5.97 Å². The number of rotatable bonds is 11. The Morgan fingerprint density at radius 3 is 2.71 bits per heavy atom. The molecule has 0 radical (unpaired) electrons. The van der Waals surface area contributed by atoms with E-state index in [1.807, 2.05) is 6.92 Å². The molecular formula is C19H22F2N4O6. The van der Waals surface area contributed by atoms with Crippen molar-refractivity contribution in [1.29, 1.82) is 0 Å². The number of hydroxylamine groups is 1. The number of hydrogen-bond acceptors (Lipinski definition) is 8. The predicted octanol–water partition coefficient (Wildman–Crippen LogP) is 3.81. The van der Waals surface area contributed by atoms with Crippen molar-refractivity contribution in [1.82, 2.24) is 15.3 Å². The maximum Gasteiger partial charge on any atom is 0.334 e. The third-order valence-corrected chi connectivity index (χ3v) is 4.06. The molecule has 168 valence electrons. The molecular weight excluding hydrogens is 418 g/mol. The summed E-state index contributed by atoms with van der Waals surface area (Å²) in [6.45, 7) is 6.74. The highest BCUT2D eigenvalue weighted by molar-refractivity contribution is 5.72. The van der Waals surface area contributed by atoms with E-state index in [0.717, 1.165) is 4.68 Å². The van der Waals surface area contributed by atoms with E-state index in [2.05, 4.69) is 17.2 Å². The number of hydrogen-bond donors (Lipinski definition) is 1. The summed E-state index contributed by atoms with van der Waals surface area (Å²) >= 11 is 0. The third-order valence-electron chi connectivity index (χ3n) is 4.06. The number of nitrogens with zero attached hydrogens (tertiary/aromatic N) is 3. The number of ether oxygens (including phenoxy) is 2. The van der Waals surface area contributed by atoms with Gasteiger partial charge in [0.2, 0.25) is 5.88 Å². The molecule has 0 saturated heterocycles. The molecule has 0 spiro atoms. The molecule has 0 fully saturated rings. The van der Waals surface area contributed by atoms with Crippen LogP contribution in [-0.4, -0.2) is 33.9 Å². The normalized spacial score (nSPS) is 10.8. The maximum absolute atomic E-state index is 13.1. The molecule has 0 aliphatic carbocycles. The Balaban J connectivity index is 2.19. The molecule has 2 rings (SSSR count). The molecule has 0 atom stereocenters. The average Bonchev–Trinajstić information content (AvgIpc) is 2.99. The molecule has 0 saturated carbocycles. The van der Waals surface area contributed by atoms with Crippen LogP contribution in [0.15, 0.2) is 24.8 Å². The van der Waals surface area contributed by atoms with Gasteiger partial charge < -0.3 is 9.47 Å². The Morgan fingerprint density at radius 2 is 2.13 bits per heavy atom. The van der Waals surface area contributed by atoms with Crippen LogP contribution in [0.25, 0.3) is 5.70 Å². The van der Waals surface area contributed by atoms with Crippen molar-refractivity contribution in [3.05, 3.63) is 51.7 Å². The Kier molecular flexibility index (Phi) is 8.02. The quantitative estimate of drug-likeness (QED) is 0.318. The van der Waals surface area contributed by atoms with Crippen LogP contribution in [0.5, 0.6) is 11.6 Å². The first-order valence-electron chi connectivity index (χ1n) is 9.16. The van der Waals surface area contributed by atoms with Crippen molar-refractivity contribution in [2.45, 2.75) is 26.7 Å². The van der Waals surface area contributed by atoms with Gasteiger partial charge in [-0.2, -0.15) is 0 Å². The maximum atomic E-state index is 13.1. The number of nitro benzene ring substituents is 1. The molecule has 0 bridgehead atoms. The summed E-state index contributed by atoms with van der Waals surface area (Å²) in [5, 5.41) is 15.3. The number of esters is 1. The minimum atomic E-state index is -2.74. The van der Waals surface area contributed by atoms with E-state index in [9.17, 15) is 23.7 Å². The number of nitro groups is 1. The van der Waals surface area contributed by atoms with Gasteiger partial charge in [-0.15, -0.1) is 5.10 Å². The summed E-state index contributed by atoms with van der Waals surface area (Å²) in [5.74, 6) is -0.576. The summed E-state index contributed by atoms with van der Waals surface area (Å²) in [7, 11) is 1.36. The zero-order valence-corrected chi connectivity index (χ0v) is 17.2. The first-order valence-corrected chi connectivity index (χ1v) is 9.16. The van der Waals surface area contributed by atoms with E-state index in [4.69, 9.17) is 14.3 Å². The highest BCUT2D eigenvalue weighted by Gasteiger charge is 2.23. The van der Waals surface area contributed by atoms with Crippen LogP contribution in [0.3, 0.4) is 0 Å². The third kappa shape index (κ3) is 5.98. The van der Waals surface area contributed by atoms with Crippen molar-refractivity contribution in [3.63, 3.8) is 0 Å². The van der Waals surface area contributed by atoms with Crippen LogP contribution in [0.1, 0.15) is 36.6 Å². The van der Waals surface area contributed by atoms with Crippen molar-refractivity contribution in [3.8, 4) is 11.6 Å². The van der Waals surface area contributed by atoms with Crippen LogP contribution in [0.2, 0.25) is 0 Å². The molecule has 0 aliphatic heterocycles. The number of aryl methyl sites for hydroxylation is 1. The van der Waals surface area contributed by atoms with E-state index in [-0.39, 0.29) is 46.4 Å². The van der Waals surface area contributed by atoms with Gasteiger partial charge in [-0.05, 0) is 25.5 Å². The summed E-state index contributed by atoms with van der Waals surface area (Å²) < 4.78 is 37.7. The Morgan fingerprint density at radius 1 is 1.42 bits per heavy atom. The Labute approximate surface area is 176 Å². The lowest BCUT2D eigenvalue weighted by Gasteiger charge is -2.12. The van der Waals surface area contributed by atoms with Crippen LogP contribution in [-0.2, 0) is 21.4 Å². The summed E-state index contributed by atoms with van der Waals surface area (Å²) in [5.41, 5.74) is 1.87. The molecule has 12 heteroatoms. The summed E-state index contributed by atoms with van der Waals surface area (Å²) in [4.78, 5) is 27.2. The van der Waals surface area contributed by atoms with E-state index in [1.54, 1.807) is 0 Å². The van der Waals surface area contributed by atoms with Crippen LogP contribution in [0, 0.1) is 17.0 Å². The molecule has 1 aromatic carbocycles. The molecule has 1 heterocycles. The second-order valence-electron chi connectivity index (χ2n) is 6.37. The lowest BCUT2D eigenvalue weighted by molar-refractivity contribution is -0.385. The monoisotopic (exact) mass is 440 g/mol. The fourth-order valence-electron chi connectivity index (χ4n) is 2.61. The second kappa shape index (κ2) is 10.5. The number of carbonyl (C=O) groups excluding carboxylic acids is 1. The van der Waals surface area contributed by atoms with Gasteiger partial charge in [0.15, 0.2) is 6.61 Å². The first kappa shape index (κ1) is 23.7. The zero-order chi connectivity index (χ0) is 23.1. The zero-order valence-electron chi connectivity index (χ0n) is 17.2. The lowest BCUT2D eigenvalue weighted by atomic mass is 10.1. The van der Waals surface area contributed by atoms with Crippen molar-refractivity contribution >= 4 is 17.4 Å². The average molecular weight is 440 g/mol. The van der Waals surface area contributed by atoms with Gasteiger partial charge in [-0.25, -0.2) is 13.6 Å². The SMILES string of the molecule is C=C(NOCC(=O)OCCC)c1cc(Oc2nn(C)c(C(F)F)c2C)ccc1[N+](=O)[O-]. The lowest BCUT2D eigenvalue weighted by Crippen LogP contribution is -2.21. The van der Waals surface area contributed by atoms with E-state index >= 15 is 0 Å². The predicted molar refractivity (Wildman–Crippen MR) is 105 cm³/mol. The van der Waals surface area contributed by atoms with Gasteiger partial charge in [0, 0.05) is 18.7 Å². The number of alkyl halides is 2. The largest absolute Gasteiger partial charge is 0.464 e. The van der Waals surface area contributed by atoms with Gasteiger partial charge in [-0.3, -0.25) is 25.1 Å². The van der Waals surface area contributed by atoms with Crippen LogP contribution >= 0.6 is 0 Å². The summed E-state index contributed by atoms with van der Waals surface area (Å²) in [6, 6.07) is 3.75. The second-order valence-corrected chi connectivity index (χ2v) is 6.37. The topological polar surface area (TPSA) is 118 Å². The van der Waals surface area contributed by atoms with Crippen LogP contribution < -0.4 is 10.2 Å². The molecule has 31 heavy (non-hydrogen) atoms. The molecule has 0 amide bonds. The highest BCUT2D eigenvalue weighted by atomic mass is 19.3. The molecule has 10 nitrogen and oxygen atoms in total. The number of aromatic nitrogens is 2. The van der Waals surface area contributed by atoms with Gasteiger partial charge in [-0.1, -0.05) is 13.5 Å². The van der Waals surface area contributed by atoms with E-state index in [1.165, 1.54) is 32.2 Å². The highest BCUT2D eigenvalue weighted by Crippen LogP contribution is 2.34. The van der Waals surface area contributed by atoms with Crippen molar-refractivity contribution < 1.29 is 32.8 Å². The number of benzene rings is 1. The van der Waals surface area contributed by atoms with Gasteiger partial charge in [0.25, 0.3) is 12.1 Å². The smallest absolute Gasteiger partial charge is 0.334 e. The molecule has 1 N–H and O–H groups in total. The number of carbonyl (C=O) groups is 1. The Hall–Kier alpha value is -3.54. The first-order chi connectivity index (χ1) is 14.6. The Bertz CT molecular complexity index is 977. The standard InChI is InChI=1S/C19H22F2N4O6/c1-5-8-29-16(26)10-30-23-12(3)14-9-13(6-7-15(14)25(27)28)31-19-11(2)17(18(20)21)24(4)22-19/h6-7,9,18,23H,3,5,8,10H2,1-2,4H3. The van der Waals surface area contributed by atoms with E-state index in [0.29, 0.717) is 6.42 Å².